The second-order valence-corrected chi connectivity index (χ2v) is 4.22. The van der Waals surface area contributed by atoms with Gasteiger partial charge in [0.05, 0.1) is 13.7 Å². The first-order valence-electron chi connectivity index (χ1n) is 6.39. The van der Waals surface area contributed by atoms with Gasteiger partial charge in [-0.15, -0.1) is 6.58 Å². The lowest BCUT2D eigenvalue weighted by atomic mass is 10.2. The van der Waals surface area contributed by atoms with Gasteiger partial charge in [-0.1, -0.05) is 24.3 Å². The Balaban J connectivity index is 2.47. The monoisotopic (exact) mass is 290 g/mol. The molecule has 2 amide bonds. The molecule has 1 rings (SSSR count). The summed E-state index contributed by atoms with van der Waals surface area (Å²) in [4.78, 5) is 34.9. The van der Waals surface area contributed by atoms with Crippen LogP contribution < -0.4 is 10.6 Å². The minimum atomic E-state index is -0.798. The third-order valence-electron chi connectivity index (χ3n) is 2.67. The lowest BCUT2D eigenvalue weighted by Gasteiger charge is -2.15. The molecule has 0 radical (unpaired) electrons. The maximum absolute atomic E-state index is 11.8. The van der Waals surface area contributed by atoms with Crippen molar-refractivity contribution in [1.29, 1.82) is 0 Å². The van der Waals surface area contributed by atoms with Gasteiger partial charge in [0.15, 0.2) is 0 Å². The van der Waals surface area contributed by atoms with Crippen molar-refractivity contribution in [2.75, 3.05) is 13.7 Å². The van der Waals surface area contributed by atoms with Crippen LogP contribution in [-0.2, 0) is 14.3 Å². The molecule has 112 valence electrons. The number of benzene rings is 1. The average molecular weight is 290 g/mol. The molecule has 1 atom stereocenters. The number of rotatable bonds is 7. The molecule has 1 aromatic carbocycles. The van der Waals surface area contributed by atoms with Gasteiger partial charge in [0.25, 0.3) is 5.91 Å². The molecule has 0 aromatic heterocycles. The Bertz CT molecular complexity index is 514. The van der Waals surface area contributed by atoms with Crippen LogP contribution in [0.2, 0.25) is 0 Å². The highest BCUT2D eigenvalue weighted by Gasteiger charge is 2.20. The zero-order valence-corrected chi connectivity index (χ0v) is 11.8. The normalized spacial score (nSPS) is 11.1. The minimum absolute atomic E-state index is 0.224. The van der Waals surface area contributed by atoms with Gasteiger partial charge < -0.3 is 15.4 Å². The van der Waals surface area contributed by atoms with Gasteiger partial charge in [-0.25, -0.2) is 4.79 Å². The highest BCUT2D eigenvalue weighted by Crippen LogP contribution is 1.98. The molecule has 1 aromatic rings. The van der Waals surface area contributed by atoms with Crippen LogP contribution in [0.15, 0.2) is 43.0 Å². The highest BCUT2D eigenvalue weighted by atomic mass is 16.5. The highest BCUT2D eigenvalue weighted by molar-refractivity contribution is 5.96. The third-order valence-corrected chi connectivity index (χ3v) is 2.67. The number of hydrogen-bond acceptors (Lipinski definition) is 4. The number of esters is 1. The fourth-order valence-corrected chi connectivity index (χ4v) is 1.62. The molecule has 0 heterocycles. The molecule has 0 aliphatic carbocycles. The Morgan fingerprint density at radius 1 is 1.29 bits per heavy atom. The molecule has 0 aliphatic heterocycles. The van der Waals surface area contributed by atoms with Crippen LogP contribution in [-0.4, -0.2) is 37.5 Å². The summed E-state index contributed by atoms with van der Waals surface area (Å²) >= 11 is 0. The van der Waals surface area contributed by atoms with Crippen LogP contribution in [0.4, 0.5) is 0 Å². The summed E-state index contributed by atoms with van der Waals surface area (Å²) in [6.07, 6.45) is 1.76. The zero-order chi connectivity index (χ0) is 15.7. The fraction of sp³-hybridized carbons (Fsp3) is 0.267. The Hall–Kier alpha value is -2.63. The summed E-state index contributed by atoms with van der Waals surface area (Å²) in [7, 11) is 1.24. The SMILES string of the molecule is C=CC[C@H](NC(=O)CNC(=O)c1ccccc1)C(=O)OC. The van der Waals surface area contributed by atoms with Gasteiger partial charge in [-0.2, -0.15) is 0 Å². The van der Waals surface area contributed by atoms with E-state index in [1.54, 1.807) is 30.3 Å². The van der Waals surface area contributed by atoms with Crippen LogP contribution in [0, 0.1) is 0 Å². The Kier molecular flexibility index (Phi) is 6.67. The van der Waals surface area contributed by atoms with Gasteiger partial charge in [-0.05, 0) is 18.6 Å². The molecule has 0 fully saturated rings. The van der Waals surface area contributed by atoms with E-state index >= 15 is 0 Å². The van der Waals surface area contributed by atoms with Crippen molar-refractivity contribution in [3.8, 4) is 0 Å². The molecule has 0 aliphatic rings. The van der Waals surface area contributed by atoms with Crippen LogP contribution in [0.3, 0.4) is 0 Å². The quantitative estimate of drug-likeness (QED) is 0.570. The molecule has 0 saturated heterocycles. The lowest BCUT2D eigenvalue weighted by Crippen LogP contribution is -2.45. The summed E-state index contributed by atoms with van der Waals surface area (Å²) in [5.74, 6) is -1.39. The van der Waals surface area contributed by atoms with Gasteiger partial charge in [-0.3, -0.25) is 9.59 Å². The molecular formula is C15H18N2O4. The maximum Gasteiger partial charge on any atom is 0.328 e. The summed E-state index contributed by atoms with van der Waals surface area (Å²) in [6, 6.07) is 7.73. The summed E-state index contributed by atoms with van der Waals surface area (Å²) in [6.45, 7) is 3.29. The number of hydrogen-bond donors (Lipinski definition) is 2. The molecule has 0 unspecified atom stereocenters. The summed E-state index contributed by atoms with van der Waals surface area (Å²) in [5.41, 5.74) is 0.459. The second-order valence-electron chi connectivity index (χ2n) is 4.22. The molecule has 6 nitrogen and oxygen atoms in total. The van der Waals surface area contributed by atoms with E-state index in [4.69, 9.17) is 0 Å². The standard InChI is InChI=1S/C15H18N2O4/c1-3-7-12(15(20)21-2)17-13(18)10-16-14(19)11-8-5-4-6-9-11/h3-6,8-9,12H,1,7,10H2,2H3,(H,16,19)(H,17,18)/t12-/m0/s1. The topological polar surface area (TPSA) is 84.5 Å². The first-order valence-corrected chi connectivity index (χ1v) is 6.39. The molecule has 0 bridgehead atoms. The third kappa shape index (κ3) is 5.48. The average Bonchev–Trinajstić information content (AvgIpc) is 2.52. The van der Waals surface area contributed by atoms with E-state index in [-0.39, 0.29) is 18.9 Å². The number of carbonyl (C=O) groups excluding carboxylic acids is 3. The number of amides is 2. The van der Waals surface area contributed by atoms with Crippen molar-refractivity contribution in [2.45, 2.75) is 12.5 Å². The van der Waals surface area contributed by atoms with Crippen molar-refractivity contribution >= 4 is 17.8 Å². The van der Waals surface area contributed by atoms with Crippen LogP contribution in [0.25, 0.3) is 0 Å². The predicted octanol–water partition coefficient (Wildman–Crippen LogP) is 0.650. The number of carbonyl (C=O) groups is 3. The first kappa shape index (κ1) is 16.4. The van der Waals surface area contributed by atoms with Gasteiger partial charge in [0.1, 0.15) is 6.04 Å². The molecule has 6 heteroatoms. The van der Waals surface area contributed by atoms with Gasteiger partial charge in [0.2, 0.25) is 5.91 Å². The molecule has 0 saturated carbocycles. The smallest absolute Gasteiger partial charge is 0.328 e. The van der Waals surface area contributed by atoms with Crippen molar-refractivity contribution in [1.82, 2.24) is 10.6 Å². The number of nitrogens with one attached hydrogen (secondary N) is 2. The van der Waals surface area contributed by atoms with Crippen molar-refractivity contribution in [3.05, 3.63) is 48.6 Å². The predicted molar refractivity (Wildman–Crippen MR) is 77.5 cm³/mol. The number of methoxy groups -OCH3 is 1. The van der Waals surface area contributed by atoms with Gasteiger partial charge >= 0.3 is 5.97 Å². The van der Waals surface area contributed by atoms with Crippen molar-refractivity contribution in [2.24, 2.45) is 0 Å². The molecular weight excluding hydrogens is 272 g/mol. The van der Waals surface area contributed by atoms with E-state index < -0.39 is 17.9 Å². The Morgan fingerprint density at radius 3 is 2.52 bits per heavy atom. The zero-order valence-electron chi connectivity index (χ0n) is 11.8. The fourth-order valence-electron chi connectivity index (χ4n) is 1.62. The van der Waals surface area contributed by atoms with E-state index in [2.05, 4.69) is 21.9 Å². The molecule has 0 spiro atoms. The molecule has 2 N–H and O–H groups in total. The van der Waals surface area contributed by atoms with Crippen molar-refractivity contribution in [3.63, 3.8) is 0 Å². The minimum Gasteiger partial charge on any atom is -0.467 e. The first-order chi connectivity index (χ1) is 10.1. The summed E-state index contributed by atoms with van der Waals surface area (Å²) in [5, 5.41) is 4.95. The van der Waals surface area contributed by atoms with E-state index in [9.17, 15) is 14.4 Å². The van der Waals surface area contributed by atoms with Crippen LogP contribution >= 0.6 is 0 Å². The van der Waals surface area contributed by atoms with E-state index in [1.807, 2.05) is 0 Å². The van der Waals surface area contributed by atoms with Crippen molar-refractivity contribution < 1.29 is 19.1 Å². The van der Waals surface area contributed by atoms with E-state index in [1.165, 1.54) is 13.2 Å². The lowest BCUT2D eigenvalue weighted by molar-refractivity contribution is -0.144. The number of ether oxygens (including phenoxy) is 1. The molecule has 21 heavy (non-hydrogen) atoms. The van der Waals surface area contributed by atoms with E-state index in [0.717, 1.165) is 0 Å². The van der Waals surface area contributed by atoms with Crippen LogP contribution in [0.5, 0.6) is 0 Å². The van der Waals surface area contributed by atoms with E-state index in [0.29, 0.717) is 5.56 Å². The largest absolute Gasteiger partial charge is 0.467 e. The van der Waals surface area contributed by atoms with Gasteiger partial charge in [0, 0.05) is 5.56 Å². The maximum atomic E-state index is 11.8. The second kappa shape index (κ2) is 8.52. The van der Waals surface area contributed by atoms with Crippen LogP contribution in [0.1, 0.15) is 16.8 Å². The Morgan fingerprint density at radius 2 is 1.95 bits per heavy atom. The summed E-state index contributed by atoms with van der Waals surface area (Å²) < 4.78 is 4.57. The Labute approximate surface area is 123 Å².